The maximum Gasteiger partial charge on any atom is 0.245 e. The Bertz CT molecular complexity index is 1180. The number of anilines is 3. The molecule has 0 radical (unpaired) electrons. The van der Waals surface area contributed by atoms with Gasteiger partial charge in [-0.25, -0.2) is 18.8 Å². The summed E-state index contributed by atoms with van der Waals surface area (Å²) in [5.41, 5.74) is 4.07. The molecule has 0 saturated carbocycles. The first-order chi connectivity index (χ1) is 14.8. The highest BCUT2D eigenvalue weighted by Crippen LogP contribution is 2.30. The van der Waals surface area contributed by atoms with Crippen molar-refractivity contribution < 1.29 is 8.42 Å². The molecule has 162 valence electrons. The SMILES string of the molecule is CSc1ccc(/C=N/Nc2ncc(Cl)c(Nc3ccccc3S(=O)(=O)C(C)C)n2)cc1. The second-order valence-corrected chi connectivity index (χ2v) is 10.5. The Morgan fingerprint density at radius 2 is 1.84 bits per heavy atom. The largest absolute Gasteiger partial charge is 0.338 e. The number of thioether (sulfide) groups is 1. The molecule has 0 bridgehead atoms. The number of nitrogens with one attached hydrogen (secondary N) is 2. The molecule has 0 saturated heterocycles. The van der Waals surface area contributed by atoms with Crippen LogP contribution >= 0.6 is 23.4 Å². The molecule has 3 aromatic rings. The molecule has 7 nitrogen and oxygen atoms in total. The van der Waals surface area contributed by atoms with Crippen molar-refractivity contribution in [3.63, 3.8) is 0 Å². The second kappa shape index (κ2) is 10.1. The van der Waals surface area contributed by atoms with E-state index in [1.54, 1.807) is 56.1 Å². The van der Waals surface area contributed by atoms with Gasteiger partial charge in [-0.15, -0.1) is 11.8 Å². The number of halogens is 1. The quantitative estimate of drug-likeness (QED) is 0.262. The van der Waals surface area contributed by atoms with Crippen LogP contribution in [-0.2, 0) is 9.84 Å². The fraction of sp³-hybridized carbons (Fsp3) is 0.190. The Balaban J connectivity index is 1.80. The first kappa shape index (κ1) is 23.1. The molecular weight excluding hydrogens is 454 g/mol. The molecule has 0 amide bonds. The molecule has 10 heteroatoms. The molecule has 2 aromatic carbocycles. The summed E-state index contributed by atoms with van der Waals surface area (Å²) in [5, 5.41) is 6.85. The van der Waals surface area contributed by atoms with Gasteiger partial charge in [0.05, 0.1) is 28.2 Å². The zero-order chi connectivity index (χ0) is 22.4. The fourth-order valence-electron chi connectivity index (χ4n) is 2.56. The summed E-state index contributed by atoms with van der Waals surface area (Å²) in [6.07, 6.45) is 5.09. The van der Waals surface area contributed by atoms with Crippen LogP contribution in [0.3, 0.4) is 0 Å². The number of aromatic nitrogens is 2. The molecule has 0 unspecified atom stereocenters. The van der Waals surface area contributed by atoms with Gasteiger partial charge in [0, 0.05) is 4.90 Å². The van der Waals surface area contributed by atoms with Crippen LogP contribution in [0.15, 0.2) is 69.6 Å². The lowest BCUT2D eigenvalue weighted by molar-refractivity contribution is 0.588. The second-order valence-electron chi connectivity index (χ2n) is 6.75. The Morgan fingerprint density at radius 3 is 2.52 bits per heavy atom. The Morgan fingerprint density at radius 1 is 1.13 bits per heavy atom. The van der Waals surface area contributed by atoms with Gasteiger partial charge in [-0.1, -0.05) is 35.9 Å². The minimum Gasteiger partial charge on any atom is -0.338 e. The predicted octanol–water partition coefficient (Wildman–Crippen LogP) is 5.22. The Kier molecular flexibility index (Phi) is 7.53. The van der Waals surface area contributed by atoms with Gasteiger partial charge >= 0.3 is 0 Å². The van der Waals surface area contributed by atoms with Gasteiger partial charge in [-0.05, 0) is 49.9 Å². The van der Waals surface area contributed by atoms with E-state index in [1.165, 1.54) is 11.1 Å². The van der Waals surface area contributed by atoms with E-state index in [9.17, 15) is 8.42 Å². The smallest absolute Gasteiger partial charge is 0.245 e. The number of para-hydroxylation sites is 1. The minimum absolute atomic E-state index is 0.181. The maximum absolute atomic E-state index is 12.7. The summed E-state index contributed by atoms with van der Waals surface area (Å²) in [6.45, 7) is 3.27. The highest BCUT2D eigenvalue weighted by atomic mass is 35.5. The Hall–Kier alpha value is -2.62. The predicted molar refractivity (Wildman–Crippen MR) is 129 cm³/mol. The summed E-state index contributed by atoms with van der Waals surface area (Å²) in [5.74, 6) is 0.484. The van der Waals surface area contributed by atoms with E-state index in [0.717, 1.165) is 5.56 Å². The molecule has 1 heterocycles. The van der Waals surface area contributed by atoms with Gasteiger partial charge in [0.25, 0.3) is 0 Å². The number of hydrogen-bond acceptors (Lipinski definition) is 8. The number of benzene rings is 2. The van der Waals surface area contributed by atoms with E-state index in [4.69, 9.17) is 11.6 Å². The van der Waals surface area contributed by atoms with Gasteiger partial charge < -0.3 is 5.32 Å². The van der Waals surface area contributed by atoms with E-state index in [2.05, 4.69) is 25.8 Å². The van der Waals surface area contributed by atoms with Crippen LogP contribution in [0.5, 0.6) is 0 Å². The van der Waals surface area contributed by atoms with Crippen LogP contribution < -0.4 is 10.7 Å². The van der Waals surface area contributed by atoms with Gasteiger partial charge in [0.2, 0.25) is 5.95 Å². The number of sulfone groups is 1. The highest BCUT2D eigenvalue weighted by molar-refractivity contribution is 7.98. The average Bonchev–Trinajstić information content (AvgIpc) is 2.76. The lowest BCUT2D eigenvalue weighted by Crippen LogP contribution is -2.15. The van der Waals surface area contributed by atoms with Crippen LogP contribution in [0.2, 0.25) is 5.02 Å². The standard InChI is InChI=1S/C21H22ClN5O2S2/c1-14(2)31(28,29)19-7-5-4-6-18(19)25-20-17(22)13-23-21(26-20)27-24-12-15-8-10-16(30-3)11-9-15/h4-14H,1-3H3,(H2,23,25,26,27)/b24-12+. The van der Waals surface area contributed by atoms with E-state index in [0.29, 0.717) is 5.69 Å². The van der Waals surface area contributed by atoms with Crippen molar-refractivity contribution in [3.8, 4) is 0 Å². The topological polar surface area (TPSA) is 96.3 Å². The van der Waals surface area contributed by atoms with E-state index in [1.807, 2.05) is 30.5 Å². The van der Waals surface area contributed by atoms with Gasteiger partial charge in [0.15, 0.2) is 15.7 Å². The number of rotatable bonds is 8. The molecule has 2 N–H and O–H groups in total. The van der Waals surface area contributed by atoms with Crippen molar-refractivity contribution in [2.75, 3.05) is 17.0 Å². The van der Waals surface area contributed by atoms with Crippen molar-refractivity contribution in [1.82, 2.24) is 9.97 Å². The first-order valence-corrected chi connectivity index (χ1v) is 12.5. The fourth-order valence-corrected chi connectivity index (χ4v) is 4.31. The first-order valence-electron chi connectivity index (χ1n) is 9.37. The summed E-state index contributed by atoms with van der Waals surface area (Å²) in [6, 6.07) is 14.6. The number of nitrogens with zero attached hydrogens (tertiary/aromatic N) is 3. The van der Waals surface area contributed by atoms with Crippen molar-refractivity contribution in [2.45, 2.75) is 28.9 Å². The normalized spacial score (nSPS) is 11.8. The van der Waals surface area contributed by atoms with Gasteiger partial charge in [-0.2, -0.15) is 10.1 Å². The highest BCUT2D eigenvalue weighted by Gasteiger charge is 2.23. The third-order valence-corrected chi connectivity index (χ3v) is 7.54. The lowest BCUT2D eigenvalue weighted by atomic mass is 10.2. The molecule has 0 spiro atoms. The molecule has 0 atom stereocenters. The van der Waals surface area contributed by atoms with Gasteiger partial charge in [-0.3, -0.25) is 0 Å². The third-order valence-electron chi connectivity index (χ3n) is 4.31. The zero-order valence-electron chi connectivity index (χ0n) is 17.2. The molecule has 0 fully saturated rings. The van der Waals surface area contributed by atoms with Crippen molar-refractivity contribution >= 4 is 56.9 Å². The minimum atomic E-state index is -3.49. The Labute approximate surface area is 191 Å². The van der Waals surface area contributed by atoms with Crippen LogP contribution in [-0.4, -0.2) is 36.1 Å². The van der Waals surface area contributed by atoms with Crippen molar-refractivity contribution in [3.05, 3.63) is 65.3 Å². The van der Waals surface area contributed by atoms with Crippen LogP contribution in [0.4, 0.5) is 17.5 Å². The summed E-state index contributed by atoms with van der Waals surface area (Å²) < 4.78 is 25.3. The van der Waals surface area contributed by atoms with Crippen LogP contribution in [0.1, 0.15) is 19.4 Å². The molecular formula is C21H22ClN5O2S2. The molecule has 1 aromatic heterocycles. The molecule has 3 rings (SSSR count). The summed E-state index contributed by atoms with van der Waals surface area (Å²) in [7, 11) is -3.49. The van der Waals surface area contributed by atoms with Crippen LogP contribution in [0, 0.1) is 0 Å². The summed E-state index contributed by atoms with van der Waals surface area (Å²) >= 11 is 7.90. The molecule has 31 heavy (non-hydrogen) atoms. The third kappa shape index (κ3) is 5.75. The summed E-state index contributed by atoms with van der Waals surface area (Å²) in [4.78, 5) is 9.78. The van der Waals surface area contributed by atoms with Gasteiger partial charge in [0.1, 0.15) is 5.02 Å². The number of hydrazone groups is 1. The van der Waals surface area contributed by atoms with E-state index >= 15 is 0 Å². The maximum atomic E-state index is 12.7. The van der Waals surface area contributed by atoms with Crippen molar-refractivity contribution in [1.29, 1.82) is 0 Å². The zero-order valence-corrected chi connectivity index (χ0v) is 19.6. The molecule has 0 aliphatic heterocycles. The monoisotopic (exact) mass is 475 g/mol. The molecule has 0 aliphatic rings. The van der Waals surface area contributed by atoms with E-state index < -0.39 is 15.1 Å². The van der Waals surface area contributed by atoms with Crippen LogP contribution in [0.25, 0.3) is 0 Å². The lowest BCUT2D eigenvalue weighted by Gasteiger charge is -2.15. The average molecular weight is 476 g/mol. The number of hydrogen-bond donors (Lipinski definition) is 2. The van der Waals surface area contributed by atoms with Crippen molar-refractivity contribution in [2.24, 2.45) is 5.10 Å². The molecule has 0 aliphatic carbocycles. The van der Waals surface area contributed by atoms with E-state index in [-0.39, 0.29) is 21.7 Å².